The lowest BCUT2D eigenvalue weighted by Crippen LogP contribution is -2.33. The molecule has 0 aliphatic rings. The van der Waals surface area contributed by atoms with Crippen molar-refractivity contribution < 1.29 is 9.59 Å². The number of aromatic nitrogens is 3. The SMILES string of the molecule is Cc1cccc(C(=O)NC(c2nnc(SCC(=O)Nc3cc(Cl)c(Cl)cc3Cl)n2C)C(C)C)c1. The molecule has 1 atom stereocenters. The molecule has 2 amide bonds. The van der Waals surface area contributed by atoms with Crippen LogP contribution < -0.4 is 10.6 Å². The zero-order valence-electron chi connectivity index (χ0n) is 19.0. The zero-order chi connectivity index (χ0) is 25.0. The summed E-state index contributed by atoms with van der Waals surface area (Å²) in [6.07, 6.45) is 0. The summed E-state index contributed by atoms with van der Waals surface area (Å²) in [5.74, 6) is 0.270. The summed E-state index contributed by atoms with van der Waals surface area (Å²) in [7, 11) is 1.81. The molecule has 0 aliphatic carbocycles. The van der Waals surface area contributed by atoms with Gasteiger partial charge in [0, 0.05) is 12.6 Å². The van der Waals surface area contributed by atoms with Crippen LogP contribution in [-0.4, -0.2) is 32.3 Å². The molecule has 0 radical (unpaired) electrons. The second kappa shape index (κ2) is 11.4. The Kier molecular flexibility index (Phi) is 8.87. The van der Waals surface area contributed by atoms with Gasteiger partial charge < -0.3 is 15.2 Å². The van der Waals surface area contributed by atoms with Crippen LogP contribution >= 0.6 is 46.6 Å². The van der Waals surface area contributed by atoms with E-state index < -0.39 is 0 Å². The van der Waals surface area contributed by atoms with Crippen molar-refractivity contribution in [2.75, 3.05) is 11.1 Å². The molecule has 0 aliphatic heterocycles. The van der Waals surface area contributed by atoms with Crippen molar-refractivity contribution in [3.63, 3.8) is 0 Å². The van der Waals surface area contributed by atoms with Crippen molar-refractivity contribution in [2.24, 2.45) is 13.0 Å². The summed E-state index contributed by atoms with van der Waals surface area (Å²) in [5.41, 5.74) is 1.96. The summed E-state index contributed by atoms with van der Waals surface area (Å²) in [6.45, 7) is 5.93. The predicted molar refractivity (Wildman–Crippen MR) is 138 cm³/mol. The van der Waals surface area contributed by atoms with E-state index in [1.807, 2.05) is 39.0 Å². The lowest BCUT2D eigenvalue weighted by molar-refractivity contribution is -0.113. The summed E-state index contributed by atoms with van der Waals surface area (Å²) in [4.78, 5) is 25.3. The Morgan fingerprint density at radius 1 is 1.06 bits per heavy atom. The number of amides is 2. The van der Waals surface area contributed by atoms with Gasteiger partial charge in [0.25, 0.3) is 5.91 Å². The number of thioether (sulfide) groups is 1. The number of benzene rings is 2. The van der Waals surface area contributed by atoms with Crippen LogP contribution in [0.15, 0.2) is 41.6 Å². The molecule has 0 fully saturated rings. The minimum Gasteiger partial charge on any atom is -0.342 e. The van der Waals surface area contributed by atoms with Gasteiger partial charge in [0.2, 0.25) is 5.91 Å². The standard InChI is InChI=1S/C23H24Cl3N5O2S/c1-12(2)20(28-22(33)14-7-5-6-13(3)8-14)21-29-30-23(31(21)4)34-11-19(32)27-18-10-16(25)15(24)9-17(18)26/h5-10,12,20H,11H2,1-4H3,(H,27,32)(H,28,33). The Morgan fingerprint density at radius 3 is 2.44 bits per heavy atom. The lowest BCUT2D eigenvalue weighted by Gasteiger charge is -2.21. The van der Waals surface area contributed by atoms with E-state index >= 15 is 0 Å². The predicted octanol–water partition coefficient (Wildman–Crippen LogP) is 5.94. The maximum atomic E-state index is 12.8. The van der Waals surface area contributed by atoms with E-state index in [1.165, 1.54) is 23.9 Å². The Bertz CT molecular complexity index is 1220. The number of halogens is 3. The second-order valence-electron chi connectivity index (χ2n) is 8.05. The van der Waals surface area contributed by atoms with Crippen molar-refractivity contribution in [2.45, 2.75) is 32.0 Å². The monoisotopic (exact) mass is 539 g/mol. The smallest absolute Gasteiger partial charge is 0.251 e. The van der Waals surface area contributed by atoms with Crippen LogP contribution in [0.25, 0.3) is 0 Å². The number of rotatable bonds is 8. The molecule has 0 saturated carbocycles. The molecule has 3 aromatic rings. The fourth-order valence-corrected chi connectivity index (χ4v) is 4.51. The van der Waals surface area contributed by atoms with Crippen LogP contribution in [0.3, 0.4) is 0 Å². The van der Waals surface area contributed by atoms with Gasteiger partial charge in [-0.1, -0.05) is 78.1 Å². The molecule has 11 heteroatoms. The van der Waals surface area contributed by atoms with Gasteiger partial charge in [-0.2, -0.15) is 0 Å². The third-order valence-corrected chi connectivity index (χ3v) is 7.05. The lowest BCUT2D eigenvalue weighted by atomic mass is 10.0. The number of nitrogens with zero attached hydrogens (tertiary/aromatic N) is 3. The fraction of sp³-hybridized carbons (Fsp3) is 0.304. The van der Waals surface area contributed by atoms with E-state index in [0.717, 1.165) is 5.56 Å². The van der Waals surface area contributed by atoms with Crippen molar-refractivity contribution in [3.8, 4) is 0 Å². The highest BCUT2D eigenvalue weighted by molar-refractivity contribution is 7.99. The van der Waals surface area contributed by atoms with E-state index in [1.54, 1.807) is 17.7 Å². The highest BCUT2D eigenvalue weighted by atomic mass is 35.5. The van der Waals surface area contributed by atoms with Crippen LogP contribution in [0, 0.1) is 12.8 Å². The fourth-order valence-electron chi connectivity index (χ4n) is 3.20. The Labute approximate surface area is 217 Å². The minimum atomic E-state index is -0.358. The molecule has 0 saturated heterocycles. The van der Waals surface area contributed by atoms with Crippen molar-refractivity contribution in [1.29, 1.82) is 0 Å². The number of hydrogen-bond acceptors (Lipinski definition) is 5. The van der Waals surface area contributed by atoms with Crippen LogP contribution in [-0.2, 0) is 11.8 Å². The molecule has 3 rings (SSSR count). The Balaban J connectivity index is 1.68. The molecule has 2 N–H and O–H groups in total. The first-order valence-corrected chi connectivity index (χ1v) is 12.5. The number of carbonyl (C=O) groups is 2. The molecular formula is C23H24Cl3N5O2S. The molecule has 34 heavy (non-hydrogen) atoms. The summed E-state index contributed by atoms with van der Waals surface area (Å²) < 4.78 is 1.78. The summed E-state index contributed by atoms with van der Waals surface area (Å²) in [5, 5.41) is 15.7. The quantitative estimate of drug-likeness (QED) is 0.273. The first kappa shape index (κ1) is 26.3. The van der Waals surface area contributed by atoms with Gasteiger partial charge in [0.1, 0.15) is 0 Å². The molecule has 0 bridgehead atoms. The molecule has 0 spiro atoms. The second-order valence-corrected chi connectivity index (χ2v) is 10.2. The summed E-state index contributed by atoms with van der Waals surface area (Å²) in [6, 6.07) is 10.0. The minimum absolute atomic E-state index is 0.0644. The van der Waals surface area contributed by atoms with Gasteiger partial charge >= 0.3 is 0 Å². The molecule has 180 valence electrons. The van der Waals surface area contributed by atoms with E-state index in [9.17, 15) is 9.59 Å². The Morgan fingerprint density at radius 2 is 1.76 bits per heavy atom. The number of hydrogen-bond donors (Lipinski definition) is 2. The highest BCUT2D eigenvalue weighted by Crippen LogP contribution is 2.32. The van der Waals surface area contributed by atoms with Gasteiger partial charge in [-0.05, 0) is 37.1 Å². The van der Waals surface area contributed by atoms with Gasteiger partial charge in [-0.25, -0.2) is 0 Å². The molecule has 7 nitrogen and oxygen atoms in total. The number of carbonyl (C=O) groups excluding carboxylic acids is 2. The normalized spacial score (nSPS) is 12.0. The molecule has 1 aromatic heterocycles. The number of anilines is 1. The zero-order valence-corrected chi connectivity index (χ0v) is 22.1. The van der Waals surface area contributed by atoms with E-state index in [2.05, 4.69) is 20.8 Å². The summed E-state index contributed by atoms with van der Waals surface area (Å²) >= 11 is 19.3. The van der Waals surface area contributed by atoms with E-state index in [-0.39, 0.29) is 34.5 Å². The maximum Gasteiger partial charge on any atom is 0.251 e. The van der Waals surface area contributed by atoms with Crippen molar-refractivity contribution in [1.82, 2.24) is 20.1 Å². The third-order valence-electron chi connectivity index (χ3n) is 5.00. The first-order valence-electron chi connectivity index (χ1n) is 10.4. The maximum absolute atomic E-state index is 12.8. The van der Waals surface area contributed by atoms with E-state index in [0.29, 0.717) is 32.3 Å². The molecule has 1 unspecified atom stereocenters. The average Bonchev–Trinajstić information content (AvgIpc) is 3.14. The third kappa shape index (κ3) is 6.44. The molecule has 2 aromatic carbocycles. The topological polar surface area (TPSA) is 88.9 Å². The van der Waals surface area contributed by atoms with Crippen molar-refractivity contribution >= 4 is 64.1 Å². The van der Waals surface area contributed by atoms with Gasteiger partial charge in [-0.3, -0.25) is 9.59 Å². The van der Waals surface area contributed by atoms with Crippen LogP contribution in [0.5, 0.6) is 0 Å². The van der Waals surface area contributed by atoms with E-state index in [4.69, 9.17) is 34.8 Å². The number of aryl methyl sites for hydroxylation is 1. The Hall–Kier alpha value is -2.26. The largest absolute Gasteiger partial charge is 0.342 e. The van der Waals surface area contributed by atoms with Gasteiger partial charge in [0.05, 0.1) is 32.5 Å². The van der Waals surface area contributed by atoms with Crippen LogP contribution in [0.4, 0.5) is 5.69 Å². The number of nitrogens with one attached hydrogen (secondary N) is 2. The molecule has 1 heterocycles. The van der Waals surface area contributed by atoms with Crippen LogP contribution in [0.1, 0.15) is 41.6 Å². The van der Waals surface area contributed by atoms with Gasteiger partial charge in [-0.15, -0.1) is 10.2 Å². The van der Waals surface area contributed by atoms with Crippen LogP contribution in [0.2, 0.25) is 15.1 Å². The first-order chi connectivity index (χ1) is 16.1. The average molecular weight is 541 g/mol. The van der Waals surface area contributed by atoms with Gasteiger partial charge in [0.15, 0.2) is 11.0 Å². The molecular weight excluding hydrogens is 517 g/mol. The highest BCUT2D eigenvalue weighted by Gasteiger charge is 2.25. The van der Waals surface area contributed by atoms with Crippen molar-refractivity contribution in [3.05, 3.63) is 68.4 Å².